The van der Waals surface area contributed by atoms with E-state index in [0.29, 0.717) is 22.1 Å². The van der Waals surface area contributed by atoms with Crippen LogP contribution in [0.1, 0.15) is 5.56 Å². The third-order valence-corrected chi connectivity index (χ3v) is 5.79. The molecule has 0 aliphatic rings. The minimum absolute atomic E-state index is 0.0351. The van der Waals surface area contributed by atoms with Gasteiger partial charge in [-0.15, -0.1) is 11.8 Å². The second-order valence-corrected chi connectivity index (χ2v) is 8.22. The second-order valence-electron chi connectivity index (χ2n) is 5.87. The first-order chi connectivity index (χ1) is 13.8. The number of rotatable bonds is 5. The summed E-state index contributed by atoms with van der Waals surface area (Å²) in [4.78, 5) is 21.0. The molecule has 0 unspecified atom stereocenters. The molecular weight excluding hydrogens is 412 g/mol. The molecule has 0 radical (unpaired) electrons. The Labute approximate surface area is 171 Å². The Morgan fingerprint density at radius 2 is 1.93 bits per heavy atom. The predicted octanol–water partition coefficient (Wildman–Crippen LogP) is 1.21. The molecule has 4 N–H and O–H groups in total. The normalized spacial score (nSPS) is 11.3. The first-order valence-corrected chi connectivity index (χ1v) is 11.1. The Bertz CT molecular complexity index is 1220. The first kappa shape index (κ1) is 20.7. The van der Waals surface area contributed by atoms with Crippen molar-refractivity contribution in [2.75, 3.05) is 13.3 Å². The van der Waals surface area contributed by atoms with E-state index in [0.717, 1.165) is 0 Å². The van der Waals surface area contributed by atoms with Crippen molar-refractivity contribution in [1.29, 1.82) is 5.41 Å². The lowest BCUT2D eigenvalue weighted by Crippen LogP contribution is -2.31. The van der Waals surface area contributed by atoms with Gasteiger partial charge in [-0.2, -0.15) is 4.98 Å². The summed E-state index contributed by atoms with van der Waals surface area (Å²) in [6, 6.07) is 9.37. The van der Waals surface area contributed by atoms with Crippen LogP contribution in [0.5, 0.6) is 0 Å². The maximum atomic E-state index is 12.7. The highest BCUT2D eigenvalue weighted by Crippen LogP contribution is 2.28. The quantitative estimate of drug-likeness (QED) is 0.239. The van der Waals surface area contributed by atoms with Crippen molar-refractivity contribution in [3.05, 3.63) is 64.7 Å². The van der Waals surface area contributed by atoms with Gasteiger partial charge in [-0.3, -0.25) is 19.8 Å². The van der Waals surface area contributed by atoms with Crippen molar-refractivity contribution < 1.29 is 8.42 Å². The smallest absolute Gasteiger partial charge is 0.285 e. The number of aromatic nitrogens is 3. The van der Waals surface area contributed by atoms with E-state index >= 15 is 0 Å². The highest BCUT2D eigenvalue weighted by Gasteiger charge is 2.22. The van der Waals surface area contributed by atoms with E-state index in [1.165, 1.54) is 23.9 Å². The summed E-state index contributed by atoms with van der Waals surface area (Å²) in [7, 11) is -2.30. The zero-order chi connectivity index (χ0) is 21.2. The maximum absolute atomic E-state index is 12.7. The van der Waals surface area contributed by atoms with Crippen molar-refractivity contribution in [1.82, 2.24) is 19.9 Å². The Kier molecular flexibility index (Phi) is 5.82. The van der Waals surface area contributed by atoms with Crippen LogP contribution in [0.2, 0.25) is 0 Å². The van der Waals surface area contributed by atoms with Crippen molar-refractivity contribution in [2.45, 2.75) is 9.92 Å². The van der Waals surface area contributed by atoms with Gasteiger partial charge in [0.2, 0.25) is 10.0 Å². The Balaban J connectivity index is 2.38. The van der Waals surface area contributed by atoms with Gasteiger partial charge in [-0.05, 0) is 42.7 Å². The van der Waals surface area contributed by atoms with Gasteiger partial charge in [0.1, 0.15) is 11.4 Å². The number of benzene rings is 1. The average Bonchev–Trinajstić information content (AvgIpc) is 2.72. The number of pyridine rings is 1. The van der Waals surface area contributed by atoms with Gasteiger partial charge in [0.25, 0.3) is 5.56 Å². The Hall–Kier alpha value is -3.02. The fraction of sp³-hybridized carbons (Fsp3) is 0.111. The molecule has 0 spiro atoms. The molecule has 3 rings (SSSR count). The molecule has 9 nitrogen and oxygen atoms in total. The van der Waals surface area contributed by atoms with Crippen LogP contribution in [-0.2, 0) is 10.0 Å². The van der Waals surface area contributed by atoms with Crippen molar-refractivity contribution in [3.8, 4) is 17.1 Å². The number of primary sulfonamides is 1. The van der Waals surface area contributed by atoms with Crippen molar-refractivity contribution >= 4 is 27.6 Å². The molecule has 150 valence electrons. The summed E-state index contributed by atoms with van der Waals surface area (Å²) < 4.78 is 24.9. The predicted molar refractivity (Wildman–Crippen MR) is 112 cm³/mol. The molecule has 0 saturated heterocycles. The van der Waals surface area contributed by atoms with E-state index in [1.54, 1.807) is 54.5 Å². The van der Waals surface area contributed by atoms with Gasteiger partial charge in [-0.1, -0.05) is 0 Å². The lowest BCUT2D eigenvalue weighted by molar-refractivity contribution is 0.598. The third kappa shape index (κ3) is 4.06. The molecule has 0 saturated carbocycles. The first-order valence-electron chi connectivity index (χ1n) is 8.29. The van der Waals surface area contributed by atoms with Gasteiger partial charge < -0.3 is 5.32 Å². The van der Waals surface area contributed by atoms with Crippen molar-refractivity contribution in [2.24, 2.45) is 5.14 Å². The van der Waals surface area contributed by atoms with Crippen LogP contribution < -0.4 is 16.0 Å². The van der Waals surface area contributed by atoms with Crippen LogP contribution in [0.3, 0.4) is 0 Å². The van der Waals surface area contributed by atoms with Gasteiger partial charge in [-0.25, -0.2) is 13.6 Å². The van der Waals surface area contributed by atoms with E-state index < -0.39 is 15.6 Å². The molecule has 2 heterocycles. The molecule has 0 aliphatic carbocycles. The zero-order valence-electron chi connectivity index (χ0n) is 15.6. The van der Waals surface area contributed by atoms with Crippen LogP contribution >= 0.6 is 11.8 Å². The Morgan fingerprint density at radius 1 is 1.24 bits per heavy atom. The number of nitrogens with one attached hydrogen (secondary N) is 2. The average molecular weight is 431 g/mol. The summed E-state index contributed by atoms with van der Waals surface area (Å²) in [5, 5.41) is 16.5. The molecule has 0 atom stereocenters. The van der Waals surface area contributed by atoms with Crippen LogP contribution in [0.25, 0.3) is 17.1 Å². The molecule has 0 amide bonds. The number of nitrogens with two attached hydrogens (primary N) is 1. The Morgan fingerprint density at radius 3 is 2.45 bits per heavy atom. The summed E-state index contributed by atoms with van der Waals surface area (Å²) in [5.74, 6) is 0.253. The monoisotopic (exact) mass is 430 g/mol. The van der Waals surface area contributed by atoms with E-state index in [9.17, 15) is 13.2 Å². The molecule has 1 aromatic carbocycles. The molecular formula is C18H18N6O3S2. The molecule has 3 aromatic rings. The van der Waals surface area contributed by atoms with Gasteiger partial charge >= 0.3 is 0 Å². The fourth-order valence-electron chi connectivity index (χ4n) is 2.75. The molecule has 2 aromatic heterocycles. The summed E-state index contributed by atoms with van der Waals surface area (Å²) in [5.41, 5.74) is 0.712. The van der Waals surface area contributed by atoms with E-state index in [-0.39, 0.29) is 16.3 Å². The minimum Gasteiger partial charge on any atom is -0.373 e. The summed E-state index contributed by atoms with van der Waals surface area (Å²) in [6.07, 6.45) is 4.96. The zero-order valence-corrected chi connectivity index (χ0v) is 17.2. The van der Waals surface area contributed by atoms with Crippen LogP contribution in [0, 0.1) is 5.41 Å². The SMILES string of the molecule is CNC(=N)c1c(SC)n(-c2ccc(S(N)(=O)=O)cc2)c(-c2cccnc2)nc1=O. The van der Waals surface area contributed by atoms with Crippen LogP contribution in [0.4, 0.5) is 0 Å². The van der Waals surface area contributed by atoms with Crippen LogP contribution in [0.15, 0.2) is 63.5 Å². The molecule has 11 heteroatoms. The number of hydrogen-bond acceptors (Lipinski definition) is 7. The number of nitrogens with zero attached hydrogens (tertiary/aromatic N) is 3. The molecule has 0 aliphatic heterocycles. The summed E-state index contributed by atoms with van der Waals surface area (Å²) >= 11 is 1.27. The highest BCUT2D eigenvalue weighted by atomic mass is 32.2. The third-order valence-electron chi connectivity index (χ3n) is 4.09. The van der Waals surface area contributed by atoms with Gasteiger partial charge in [0.05, 0.1) is 9.92 Å². The van der Waals surface area contributed by atoms with Crippen LogP contribution in [-0.4, -0.2) is 42.1 Å². The minimum atomic E-state index is -3.85. The van der Waals surface area contributed by atoms with E-state index in [1.807, 2.05) is 0 Å². The second kappa shape index (κ2) is 8.15. The fourth-order valence-corrected chi connectivity index (χ4v) is 4.03. The molecule has 0 fully saturated rings. The van der Waals surface area contributed by atoms with Gasteiger partial charge in [0, 0.05) is 30.7 Å². The largest absolute Gasteiger partial charge is 0.373 e. The lowest BCUT2D eigenvalue weighted by atomic mass is 10.2. The highest BCUT2D eigenvalue weighted by molar-refractivity contribution is 7.98. The molecule has 29 heavy (non-hydrogen) atoms. The topological polar surface area (TPSA) is 144 Å². The number of thioether (sulfide) groups is 1. The van der Waals surface area contributed by atoms with E-state index in [4.69, 9.17) is 10.5 Å². The van der Waals surface area contributed by atoms with Crippen molar-refractivity contribution in [3.63, 3.8) is 0 Å². The van der Waals surface area contributed by atoms with Gasteiger partial charge in [0.15, 0.2) is 5.82 Å². The maximum Gasteiger partial charge on any atom is 0.285 e. The number of amidine groups is 1. The molecule has 0 bridgehead atoms. The number of hydrogen-bond donors (Lipinski definition) is 3. The lowest BCUT2D eigenvalue weighted by Gasteiger charge is -2.20. The summed E-state index contributed by atoms with van der Waals surface area (Å²) in [6.45, 7) is 0. The number of sulfonamides is 1. The van der Waals surface area contributed by atoms with E-state index in [2.05, 4.69) is 15.3 Å². The standard InChI is InChI=1S/C18H18N6O3S2/c1-21-15(19)14-17(25)23-16(11-4-3-9-22-10-11)24(18(14)28-2)12-5-7-13(8-6-12)29(20,26)27/h3-10H,1-2H3,(H2,19,21)(H2,20,26,27).